The van der Waals surface area contributed by atoms with Crippen molar-refractivity contribution in [1.82, 2.24) is 0 Å². The molecular weight excluding hydrogens is 692 g/mol. The van der Waals surface area contributed by atoms with Crippen molar-refractivity contribution in [2.24, 2.45) is 0 Å². The summed E-state index contributed by atoms with van der Waals surface area (Å²) in [6, 6.07) is 20.4. The molecule has 0 saturated carbocycles. The first-order chi connectivity index (χ1) is 25.6. The second-order valence-corrected chi connectivity index (χ2v) is 11.5. The standard InChI is InChI=1S/C38H32N2O13/c41-33-29-11-1-23(37(45)46)21-31(29)35(43)39(33)25-3-7-27(8-4-25)52-19-17-50-15-13-49-14-16-51-18-20-53-28-9-5-26(6-10-28)40-34(42)30-12-2-24(38(47)48)22-32(30)36(40)44/h1-12,21-22H,13-20H2,(H,45,46)(H,47,48). The third-order valence-corrected chi connectivity index (χ3v) is 8.19. The van der Waals surface area contributed by atoms with Gasteiger partial charge in [0.25, 0.3) is 23.6 Å². The smallest absolute Gasteiger partial charge is 0.335 e. The van der Waals surface area contributed by atoms with Crippen LogP contribution in [0.2, 0.25) is 0 Å². The number of hydrogen-bond acceptors (Lipinski definition) is 11. The highest BCUT2D eigenvalue weighted by Gasteiger charge is 2.38. The molecule has 2 aliphatic heterocycles. The van der Waals surface area contributed by atoms with Gasteiger partial charge in [0, 0.05) is 0 Å². The molecule has 0 unspecified atom stereocenters. The summed E-state index contributed by atoms with van der Waals surface area (Å²) in [4.78, 5) is 75.7. The summed E-state index contributed by atoms with van der Waals surface area (Å²) >= 11 is 0. The van der Waals surface area contributed by atoms with Crippen molar-refractivity contribution in [2.75, 3.05) is 62.7 Å². The zero-order chi connectivity index (χ0) is 37.5. The van der Waals surface area contributed by atoms with Gasteiger partial charge in [-0.2, -0.15) is 0 Å². The molecule has 0 fully saturated rings. The highest BCUT2D eigenvalue weighted by molar-refractivity contribution is 6.35. The van der Waals surface area contributed by atoms with Crippen LogP contribution < -0.4 is 19.3 Å². The lowest BCUT2D eigenvalue weighted by atomic mass is 10.1. The van der Waals surface area contributed by atoms with Crippen LogP contribution in [0, 0.1) is 0 Å². The Kier molecular flexibility index (Phi) is 11.2. The number of anilines is 2. The Morgan fingerprint density at radius 3 is 1.09 bits per heavy atom. The summed E-state index contributed by atoms with van der Waals surface area (Å²) in [6.45, 7) is 2.50. The van der Waals surface area contributed by atoms with Crippen molar-refractivity contribution in [1.29, 1.82) is 0 Å². The summed E-state index contributed by atoms with van der Waals surface area (Å²) in [6.07, 6.45) is 0. The third kappa shape index (κ3) is 8.07. The van der Waals surface area contributed by atoms with Crippen molar-refractivity contribution < 1.29 is 62.7 Å². The number of carboxylic acids is 2. The Hall–Kier alpha value is -6.42. The van der Waals surface area contributed by atoms with Gasteiger partial charge in [-0.1, -0.05) is 0 Å². The number of carbonyl (C=O) groups excluding carboxylic acids is 4. The van der Waals surface area contributed by atoms with Crippen LogP contribution in [0.5, 0.6) is 11.5 Å². The molecule has 2 aliphatic rings. The number of imide groups is 2. The minimum absolute atomic E-state index is 0.0457. The van der Waals surface area contributed by atoms with Gasteiger partial charge < -0.3 is 33.9 Å². The molecule has 0 aliphatic carbocycles. The molecule has 6 rings (SSSR count). The fourth-order valence-electron chi connectivity index (χ4n) is 5.58. The van der Waals surface area contributed by atoms with Gasteiger partial charge in [0.1, 0.15) is 24.7 Å². The third-order valence-electron chi connectivity index (χ3n) is 8.19. The maximum absolute atomic E-state index is 12.8. The largest absolute Gasteiger partial charge is 0.491 e. The fourth-order valence-corrected chi connectivity index (χ4v) is 5.58. The van der Waals surface area contributed by atoms with Crippen LogP contribution in [0.4, 0.5) is 11.4 Å². The molecule has 4 aromatic rings. The first-order valence-electron chi connectivity index (χ1n) is 16.4. The van der Waals surface area contributed by atoms with E-state index in [9.17, 15) is 39.0 Å². The van der Waals surface area contributed by atoms with E-state index in [1.54, 1.807) is 48.5 Å². The predicted molar refractivity (Wildman–Crippen MR) is 185 cm³/mol. The van der Waals surface area contributed by atoms with E-state index in [0.29, 0.717) is 62.5 Å². The van der Waals surface area contributed by atoms with Gasteiger partial charge in [-0.25, -0.2) is 19.4 Å². The van der Waals surface area contributed by atoms with Crippen LogP contribution in [0.3, 0.4) is 0 Å². The van der Waals surface area contributed by atoms with Crippen LogP contribution in [-0.2, 0) is 14.2 Å². The number of benzene rings is 4. The summed E-state index contributed by atoms with van der Waals surface area (Å²) in [7, 11) is 0. The molecule has 0 aromatic heterocycles. The van der Waals surface area contributed by atoms with Gasteiger partial charge in [-0.05, 0) is 84.9 Å². The average Bonchev–Trinajstić information content (AvgIpc) is 3.56. The molecule has 15 heteroatoms. The summed E-state index contributed by atoms with van der Waals surface area (Å²) in [5, 5.41) is 18.4. The quantitative estimate of drug-likeness (QED) is 0.110. The molecule has 0 atom stereocenters. The summed E-state index contributed by atoms with van der Waals surface area (Å²) in [5.41, 5.74) is 0.907. The van der Waals surface area contributed by atoms with Crippen LogP contribution in [0.25, 0.3) is 0 Å². The monoisotopic (exact) mass is 724 g/mol. The normalized spacial score (nSPS) is 13.4. The Labute approximate surface area is 301 Å². The molecule has 15 nitrogen and oxygen atoms in total. The Morgan fingerprint density at radius 1 is 0.434 bits per heavy atom. The number of fused-ring (bicyclic) bond motifs is 2. The average molecular weight is 725 g/mol. The molecule has 0 bridgehead atoms. The first kappa shape index (κ1) is 36.4. The van der Waals surface area contributed by atoms with Crippen molar-refractivity contribution in [3.63, 3.8) is 0 Å². The lowest BCUT2D eigenvalue weighted by Gasteiger charge is -2.15. The molecule has 53 heavy (non-hydrogen) atoms. The number of ether oxygens (including phenoxy) is 5. The van der Waals surface area contributed by atoms with Crippen LogP contribution in [0.1, 0.15) is 62.1 Å². The van der Waals surface area contributed by atoms with Gasteiger partial charge >= 0.3 is 11.9 Å². The van der Waals surface area contributed by atoms with Gasteiger partial charge in [-0.3, -0.25) is 19.2 Å². The highest BCUT2D eigenvalue weighted by Crippen LogP contribution is 2.32. The molecule has 0 saturated heterocycles. The number of rotatable bonds is 18. The van der Waals surface area contributed by atoms with E-state index >= 15 is 0 Å². The van der Waals surface area contributed by atoms with Gasteiger partial charge in [0.15, 0.2) is 0 Å². The molecule has 0 spiro atoms. The van der Waals surface area contributed by atoms with E-state index < -0.39 is 35.6 Å². The first-order valence-corrected chi connectivity index (χ1v) is 16.4. The minimum Gasteiger partial charge on any atom is -0.491 e. The predicted octanol–water partition coefficient (Wildman–Crippen LogP) is 4.19. The maximum atomic E-state index is 12.8. The lowest BCUT2D eigenvalue weighted by molar-refractivity contribution is 0.00499. The molecule has 4 aromatic carbocycles. The van der Waals surface area contributed by atoms with E-state index in [0.717, 1.165) is 9.80 Å². The van der Waals surface area contributed by atoms with E-state index in [1.165, 1.54) is 36.4 Å². The zero-order valence-electron chi connectivity index (χ0n) is 28.0. The number of amides is 4. The van der Waals surface area contributed by atoms with Crippen LogP contribution in [-0.4, -0.2) is 98.6 Å². The number of hydrogen-bond donors (Lipinski definition) is 2. The van der Waals surface area contributed by atoms with E-state index in [2.05, 4.69) is 0 Å². The van der Waals surface area contributed by atoms with E-state index in [4.69, 9.17) is 23.7 Å². The SMILES string of the molecule is O=C(O)c1ccc2c(c1)C(=O)N(c1ccc(OCCOCCOCCOCCOc3ccc(N4C(=O)c5ccc(C(=O)O)cc5C4=O)cc3)cc1)C2=O. The van der Waals surface area contributed by atoms with Crippen molar-refractivity contribution in [3.05, 3.63) is 118 Å². The Balaban J connectivity index is 0.800. The topological polar surface area (TPSA) is 196 Å². The number of carboxylic acid groups (broad SMARTS) is 2. The lowest BCUT2D eigenvalue weighted by Crippen LogP contribution is -2.29. The summed E-state index contributed by atoms with van der Waals surface area (Å²) < 4.78 is 27.8. The van der Waals surface area contributed by atoms with Crippen LogP contribution >= 0.6 is 0 Å². The zero-order valence-corrected chi connectivity index (χ0v) is 28.0. The Morgan fingerprint density at radius 2 is 0.755 bits per heavy atom. The van der Waals surface area contributed by atoms with Crippen LogP contribution in [0.15, 0.2) is 84.9 Å². The Bertz CT molecular complexity index is 1910. The minimum atomic E-state index is -1.19. The number of carbonyl (C=O) groups is 6. The van der Waals surface area contributed by atoms with Gasteiger partial charge in [-0.15, -0.1) is 0 Å². The molecule has 2 heterocycles. The fraction of sp³-hybridized carbons (Fsp3) is 0.211. The van der Waals surface area contributed by atoms with Crippen molar-refractivity contribution in [3.8, 4) is 11.5 Å². The van der Waals surface area contributed by atoms with Gasteiger partial charge in [0.05, 0.1) is 84.4 Å². The number of aromatic carboxylic acids is 2. The molecular formula is C38H32N2O13. The molecule has 4 amide bonds. The molecule has 272 valence electrons. The highest BCUT2D eigenvalue weighted by atomic mass is 16.6. The second kappa shape index (κ2) is 16.3. The maximum Gasteiger partial charge on any atom is 0.335 e. The molecule has 0 radical (unpaired) electrons. The van der Waals surface area contributed by atoms with E-state index in [-0.39, 0.29) is 46.6 Å². The number of nitrogens with zero attached hydrogens (tertiary/aromatic N) is 2. The van der Waals surface area contributed by atoms with Crippen molar-refractivity contribution in [2.45, 2.75) is 0 Å². The molecule has 2 N–H and O–H groups in total. The van der Waals surface area contributed by atoms with E-state index in [1.807, 2.05) is 0 Å². The van der Waals surface area contributed by atoms with Crippen molar-refractivity contribution >= 4 is 46.9 Å². The summed E-state index contributed by atoms with van der Waals surface area (Å²) in [5.74, 6) is -3.59. The second-order valence-electron chi connectivity index (χ2n) is 11.5. The van der Waals surface area contributed by atoms with Gasteiger partial charge in [0.2, 0.25) is 0 Å².